The minimum Gasteiger partial charge on any atom is -0.334 e. The van der Waals surface area contributed by atoms with E-state index in [0.29, 0.717) is 0 Å². The van der Waals surface area contributed by atoms with Crippen molar-refractivity contribution in [3.8, 4) is 0 Å². The van der Waals surface area contributed by atoms with Crippen LogP contribution in [0.25, 0.3) is 0 Å². The van der Waals surface area contributed by atoms with Gasteiger partial charge in [0.1, 0.15) is 0 Å². The van der Waals surface area contributed by atoms with Crippen LogP contribution in [0.5, 0.6) is 0 Å². The van der Waals surface area contributed by atoms with Gasteiger partial charge in [-0.25, -0.2) is 0 Å². The van der Waals surface area contributed by atoms with Crippen LogP contribution in [0.2, 0.25) is 0 Å². The summed E-state index contributed by atoms with van der Waals surface area (Å²) in [6, 6.07) is 0. The molecule has 152 valence electrons. The number of rotatable bonds is 3. The van der Waals surface area contributed by atoms with Crippen LogP contribution in [0, 0.1) is 0 Å². The van der Waals surface area contributed by atoms with Gasteiger partial charge in [0, 0.05) is 0 Å². The van der Waals surface area contributed by atoms with E-state index in [4.69, 9.17) is 0 Å². The number of hydrogen-bond acceptors (Lipinski definition) is 3. The Morgan fingerprint density at radius 3 is 0.808 bits per heavy atom. The fourth-order valence-electron chi connectivity index (χ4n) is 1.03. The molecule has 0 aromatic rings. The molecular formula is C7H3F12N3O3Si. The molecule has 0 aliphatic rings. The van der Waals surface area contributed by atoms with Gasteiger partial charge in [-0.3, -0.25) is 14.4 Å². The first-order valence-electron chi connectivity index (χ1n) is 5.38. The molecule has 0 unspecified atom stereocenters. The van der Waals surface area contributed by atoms with Gasteiger partial charge in [-0.1, -0.05) is 0 Å². The second-order valence-electron chi connectivity index (χ2n) is 4.10. The SMILES string of the molecule is O=C(N[Si](NC(=O)C(F)(F)F)(NC(=O)C(F)(F)F)C(F)(F)F)C(F)(F)F. The Morgan fingerprint density at radius 2 is 0.692 bits per heavy atom. The summed E-state index contributed by atoms with van der Waals surface area (Å²) in [7, 11) is -7.47. The van der Waals surface area contributed by atoms with Crippen molar-refractivity contribution in [1.29, 1.82) is 0 Å². The molecule has 0 radical (unpaired) electrons. The summed E-state index contributed by atoms with van der Waals surface area (Å²) in [6.45, 7) is 0. The van der Waals surface area contributed by atoms with Crippen molar-refractivity contribution < 1.29 is 67.1 Å². The van der Waals surface area contributed by atoms with Gasteiger partial charge in [0.25, 0.3) is 0 Å². The number of nitrogens with one attached hydrogen (secondary N) is 3. The standard InChI is InChI=1S/C7H3F12N3O3Si/c8-4(9,10)1(23)20-26(7(17,18)19,21-2(24)5(11,12)13)22-3(25)6(14,15)16/h(H,20,23)(H,21,24)(H,22,25). The topological polar surface area (TPSA) is 87.3 Å². The van der Waals surface area contributed by atoms with Crippen LogP contribution in [0.3, 0.4) is 0 Å². The monoisotopic (exact) mass is 433 g/mol. The lowest BCUT2D eigenvalue weighted by Gasteiger charge is -2.34. The molecule has 0 spiro atoms. The molecule has 0 aliphatic carbocycles. The maximum atomic E-state index is 12.9. The van der Waals surface area contributed by atoms with E-state index < -0.39 is 50.6 Å². The Balaban J connectivity index is 6.25. The zero-order valence-electron chi connectivity index (χ0n) is 11.3. The normalized spacial score (nSPS) is 13.8. The second-order valence-corrected chi connectivity index (χ2v) is 6.92. The highest BCUT2D eigenvalue weighted by Crippen LogP contribution is 2.28. The molecule has 6 nitrogen and oxygen atoms in total. The van der Waals surface area contributed by atoms with Crippen molar-refractivity contribution in [3.05, 3.63) is 0 Å². The van der Waals surface area contributed by atoms with Gasteiger partial charge in [-0.05, 0) is 0 Å². The molecule has 0 rings (SSSR count). The summed E-state index contributed by atoms with van der Waals surface area (Å²) in [4.78, 5) is 31.3. The van der Waals surface area contributed by atoms with Crippen molar-refractivity contribution in [1.82, 2.24) is 14.9 Å². The minimum atomic E-state index is -7.47. The van der Waals surface area contributed by atoms with Gasteiger partial charge in [0.15, 0.2) is 0 Å². The maximum absolute atomic E-state index is 12.9. The molecule has 0 aliphatic heterocycles. The molecule has 0 heterocycles. The molecule has 19 heteroatoms. The second kappa shape index (κ2) is 6.83. The van der Waals surface area contributed by atoms with Crippen molar-refractivity contribution >= 4 is 26.3 Å². The quantitative estimate of drug-likeness (QED) is 0.460. The molecule has 3 N–H and O–H groups in total. The van der Waals surface area contributed by atoms with E-state index in [1.54, 1.807) is 0 Å². The predicted octanol–water partition coefficient (Wildman–Crippen LogP) is 1.06. The summed E-state index contributed by atoms with van der Waals surface area (Å²) in [5.74, 6) is -17.5. The Hall–Kier alpha value is -2.21. The number of halogens is 12. The van der Waals surface area contributed by atoms with E-state index >= 15 is 0 Å². The van der Waals surface area contributed by atoms with E-state index in [1.165, 1.54) is 0 Å². The molecule has 0 aromatic heterocycles. The molecule has 0 saturated carbocycles. The largest absolute Gasteiger partial charge is 0.497 e. The molecule has 26 heavy (non-hydrogen) atoms. The van der Waals surface area contributed by atoms with Crippen LogP contribution in [0.15, 0.2) is 0 Å². The smallest absolute Gasteiger partial charge is 0.334 e. The number of hydrogen-bond donors (Lipinski definition) is 3. The van der Waals surface area contributed by atoms with Crippen LogP contribution in [0.1, 0.15) is 0 Å². The predicted molar refractivity (Wildman–Crippen MR) is 54.4 cm³/mol. The van der Waals surface area contributed by atoms with Gasteiger partial charge < -0.3 is 14.9 Å². The van der Waals surface area contributed by atoms with Crippen LogP contribution in [-0.4, -0.2) is 50.6 Å². The molecular weight excluding hydrogens is 430 g/mol. The van der Waals surface area contributed by atoms with Gasteiger partial charge in [0.05, 0.1) is 0 Å². The average Bonchev–Trinajstić information content (AvgIpc) is 2.33. The zero-order chi connectivity index (χ0) is 21.4. The van der Waals surface area contributed by atoms with Crippen LogP contribution in [-0.2, 0) is 14.4 Å². The highest BCUT2D eigenvalue weighted by atomic mass is 28.4. The van der Waals surface area contributed by atoms with E-state index in [-0.39, 0.29) is 14.9 Å². The highest BCUT2D eigenvalue weighted by molar-refractivity contribution is 6.80. The van der Waals surface area contributed by atoms with E-state index in [2.05, 4.69) is 0 Å². The summed E-state index contributed by atoms with van der Waals surface area (Å²) in [5.41, 5.74) is 0. The van der Waals surface area contributed by atoms with Crippen molar-refractivity contribution in [2.24, 2.45) is 0 Å². The lowest BCUT2D eigenvalue weighted by molar-refractivity contribution is -0.177. The molecule has 0 fully saturated rings. The molecule has 0 bridgehead atoms. The number of amides is 3. The fourth-order valence-corrected chi connectivity index (χ4v) is 3.09. The van der Waals surface area contributed by atoms with Gasteiger partial charge in [-0.15, -0.1) is 0 Å². The Bertz CT molecular complexity index is 507. The Morgan fingerprint density at radius 1 is 0.500 bits per heavy atom. The minimum absolute atomic E-state index is 0.197. The number of alkyl halides is 12. The lowest BCUT2D eigenvalue weighted by atomic mass is 10.6. The lowest BCUT2D eigenvalue weighted by Crippen LogP contribution is -2.85. The summed E-state index contributed by atoms with van der Waals surface area (Å²) in [6.07, 6.45) is -18.6. The fraction of sp³-hybridized carbons (Fsp3) is 0.571. The molecule has 0 saturated heterocycles. The van der Waals surface area contributed by atoms with Gasteiger partial charge in [-0.2, -0.15) is 52.7 Å². The van der Waals surface area contributed by atoms with Crippen LogP contribution >= 0.6 is 0 Å². The van der Waals surface area contributed by atoms with Gasteiger partial charge in [0.2, 0.25) is 0 Å². The summed E-state index contributed by atoms with van der Waals surface area (Å²) < 4.78 is 148. The van der Waals surface area contributed by atoms with Crippen LogP contribution < -0.4 is 14.9 Å². The van der Waals surface area contributed by atoms with E-state index in [1.807, 2.05) is 0 Å². The first kappa shape index (κ1) is 23.8. The zero-order valence-corrected chi connectivity index (χ0v) is 12.3. The maximum Gasteiger partial charge on any atom is 0.497 e. The third kappa shape index (κ3) is 5.95. The average molecular weight is 433 g/mol. The van der Waals surface area contributed by atoms with Crippen molar-refractivity contribution in [2.75, 3.05) is 0 Å². The molecule has 3 amide bonds. The first-order chi connectivity index (χ1) is 11.1. The van der Waals surface area contributed by atoms with Crippen molar-refractivity contribution in [3.63, 3.8) is 0 Å². The molecule has 0 atom stereocenters. The first-order valence-corrected chi connectivity index (χ1v) is 7.38. The van der Waals surface area contributed by atoms with Crippen molar-refractivity contribution in [2.45, 2.75) is 24.3 Å². The third-order valence-corrected chi connectivity index (χ3v) is 4.76. The van der Waals surface area contributed by atoms with E-state index in [0.717, 1.165) is 0 Å². The third-order valence-electron chi connectivity index (χ3n) is 2.10. The Labute approximate surface area is 134 Å². The number of carbonyl (C=O) groups excluding carboxylic acids is 3. The summed E-state index contributed by atoms with van der Waals surface area (Å²) >= 11 is 0. The highest BCUT2D eigenvalue weighted by Gasteiger charge is 2.69. The summed E-state index contributed by atoms with van der Waals surface area (Å²) in [5, 5.41) is 0. The van der Waals surface area contributed by atoms with E-state index in [9.17, 15) is 67.1 Å². The van der Waals surface area contributed by atoms with Crippen LogP contribution in [0.4, 0.5) is 52.7 Å². The Kier molecular flexibility index (Phi) is 6.25. The number of carbonyl (C=O) groups is 3. The molecule has 0 aromatic carbocycles. The van der Waals surface area contributed by atoms with Gasteiger partial charge >= 0.3 is 50.6 Å².